The molecule has 0 aromatic carbocycles. The molecule has 0 spiro atoms. The Morgan fingerprint density at radius 1 is 1.14 bits per heavy atom. The van der Waals surface area contributed by atoms with Gasteiger partial charge in [-0.2, -0.15) is 4.31 Å². The standard InChI is InChI=1S/C14H20ClN3O2S/c15-14-13(4-3-7-16-14)21(19,20)18-10-5-12(6-11-18)17-8-1-2-9-17/h3-4,7,12H,1-2,5-6,8-11H2. The van der Waals surface area contributed by atoms with E-state index in [2.05, 4.69) is 9.88 Å². The summed E-state index contributed by atoms with van der Waals surface area (Å²) in [6, 6.07) is 3.66. The molecule has 2 aliphatic heterocycles. The van der Waals surface area contributed by atoms with Gasteiger partial charge in [0.25, 0.3) is 0 Å². The maximum absolute atomic E-state index is 12.6. The second-order valence-corrected chi connectivity index (χ2v) is 7.94. The van der Waals surface area contributed by atoms with E-state index < -0.39 is 10.0 Å². The van der Waals surface area contributed by atoms with Crippen LogP contribution in [0.1, 0.15) is 25.7 Å². The van der Waals surface area contributed by atoms with E-state index in [1.165, 1.54) is 25.1 Å². The summed E-state index contributed by atoms with van der Waals surface area (Å²) in [6.07, 6.45) is 5.84. The highest BCUT2D eigenvalue weighted by atomic mass is 35.5. The number of hydrogen-bond acceptors (Lipinski definition) is 4. The first-order chi connectivity index (χ1) is 10.1. The zero-order valence-corrected chi connectivity index (χ0v) is 13.5. The van der Waals surface area contributed by atoms with Gasteiger partial charge in [-0.1, -0.05) is 11.6 Å². The Balaban J connectivity index is 1.70. The van der Waals surface area contributed by atoms with Crippen LogP contribution < -0.4 is 0 Å². The Bertz CT molecular complexity index is 594. The third-order valence-corrected chi connectivity index (χ3v) is 6.77. The normalized spacial score (nSPS) is 22.7. The number of nitrogens with zero attached hydrogens (tertiary/aromatic N) is 3. The van der Waals surface area contributed by atoms with E-state index in [-0.39, 0.29) is 10.0 Å². The molecule has 7 heteroatoms. The Hall–Kier alpha value is -0.690. The van der Waals surface area contributed by atoms with Crippen molar-refractivity contribution in [2.45, 2.75) is 36.6 Å². The van der Waals surface area contributed by atoms with Gasteiger partial charge >= 0.3 is 0 Å². The van der Waals surface area contributed by atoms with Gasteiger partial charge in [0.1, 0.15) is 10.0 Å². The van der Waals surface area contributed by atoms with Crippen LogP contribution in [0.3, 0.4) is 0 Å². The molecule has 0 radical (unpaired) electrons. The molecule has 0 unspecified atom stereocenters. The van der Waals surface area contributed by atoms with Crippen LogP contribution in [-0.4, -0.2) is 54.8 Å². The molecule has 0 bridgehead atoms. The molecule has 2 saturated heterocycles. The molecular formula is C14H20ClN3O2S. The van der Waals surface area contributed by atoms with Crippen LogP contribution in [0.4, 0.5) is 0 Å². The van der Waals surface area contributed by atoms with Gasteiger partial charge in [0.05, 0.1) is 0 Å². The third-order valence-electron chi connectivity index (χ3n) is 4.42. The fourth-order valence-corrected chi connectivity index (χ4v) is 5.15. The van der Waals surface area contributed by atoms with Crippen molar-refractivity contribution in [3.8, 4) is 0 Å². The summed E-state index contributed by atoms with van der Waals surface area (Å²) < 4.78 is 26.8. The lowest BCUT2D eigenvalue weighted by atomic mass is 10.1. The van der Waals surface area contributed by atoms with Crippen LogP contribution in [0.2, 0.25) is 5.15 Å². The number of hydrogen-bond donors (Lipinski definition) is 0. The number of piperidine rings is 1. The SMILES string of the molecule is O=S(=O)(c1cccnc1Cl)N1CCC(N2CCCC2)CC1. The molecule has 0 atom stereocenters. The lowest BCUT2D eigenvalue weighted by Gasteiger charge is -2.36. The van der Waals surface area contributed by atoms with Crippen molar-refractivity contribution in [2.24, 2.45) is 0 Å². The lowest BCUT2D eigenvalue weighted by Crippen LogP contribution is -2.45. The Morgan fingerprint density at radius 2 is 1.81 bits per heavy atom. The average Bonchev–Trinajstić information content (AvgIpc) is 3.02. The molecular weight excluding hydrogens is 310 g/mol. The lowest BCUT2D eigenvalue weighted by molar-refractivity contribution is 0.168. The quantitative estimate of drug-likeness (QED) is 0.796. The topological polar surface area (TPSA) is 53.5 Å². The smallest absolute Gasteiger partial charge is 0.246 e. The van der Waals surface area contributed by atoms with Crippen LogP contribution in [0.15, 0.2) is 23.2 Å². The minimum Gasteiger partial charge on any atom is -0.300 e. The maximum atomic E-state index is 12.6. The largest absolute Gasteiger partial charge is 0.300 e. The number of halogens is 1. The molecule has 116 valence electrons. The summed E-state index contributed by atoms with van der Waals surface area (Å²) in [5.74, 6) is 0. The van der Waals surface area contributed by atoms with Crippen molar-refractivity contribution < 1.29 is 8.42 Å². The number of pyridine rings is 1. The number of likely N-dealkylation sites (tertiary alicyclic amines) is 1. The molecule has 0 amide bonds. The summed E-state index contributed by atoms with van der Waals surface area (Å²) in [4.78, 5) is 6.49. The Morgan fingerprint density at radius 3 is 2.43 bits per heavy atom. The van der Waals surface area contributed by atoms with Crippen molar-refractivity contribution in [2.75, 3.05) is 26.2 Å². The van der Waals surface area contributed by atoms with Crippen molar-refractivity contribution in [1.29, 1.82) is 0 Å². The Labute approximate surface area is 131 Å². The van der Waals surface area contributed by atoms with Crippen molar-refractivity contribution in [3.63, 3.8) is 0 Å². The fraction of sp³-hybridized carbons (Fsp3) is 0.643. The molecule has 5 nitrogen and oxygen atoms in total. The van der Waals surface area contributed by atoms with Gasteiger partial charge in [-0.15, -0.1) is 0 Å². The van der Waals surface area contributed by atoms with Gasteiger partial charge in [-0.25, -0.2) is 13.4 Å². The molecule has 1 aromatic heterocycles. The van der Waals surface area contributed by atoms with Gasteiger partial charge in [-0.3, -0.25) is 0 Å². The molecule has 3 heterocycles. The molecule has 3 rings (SSSR count). The molecule has 0 aliphatic carbocycles. The van der Waals surface area contributed by atoms with E-state index >= 15 is 0 Å². The van der Waals surface area contributed by atoms with E-state index in [0.29, 0.717) is 19.1 Å². The molecule has 0 saturated carbocycles. The predicted octanol–water partition coefficient (Wildman–Crippen LogP) is 1.98. The van der Waals surface area contributed by atoms with Gasteiger partial charge in [-0.05, 0) is 50.9 Å². The minimum absolute atomic E-state index is 0.0548. The summed E-state index contributed by atoms with van der Waals surface area (Å²) in [7, 11) is -3.52. The predicted molar refractivity (Wildman–Crippen MR) is 81.8 cm³/mol. The first kappa shape index (κ1) is 15.2. The van der Waals surface area contributed by atoms with E-state index in [1.807, 2.05) is 0 Å². The van der Waals surface area contributed by atoms with Crippen LogP contribution >= 0.6 is 11.6 Å². The molecule has 2 fully saturated rings. The second kappa shape index (κ2) is 6.20. The van der Waals surface area contributed by atoms with Crippen molar-refractivity contribution in [3.05, 3.63) is 23.5 Å². The van der Waals surface area contributed by atoms with Crippen molar-refractivity contribution >= 4 is 21.6 Å². The van der Waals surface area contributed by atoms with Crippen LogP contribution in [0, 0.1) is 0 Å². The molecule has 2 aliphatic rings. The highest BCUT2D eigenvalue weighted by Crippen LogP contribution is 2.27. The molecule has 0 N–H and O–H groups in total. The van der Waals surface area contributed by atoms with Gasteiger partial charge < -0.3 is 4.90 Å². The van der Waals surface area contributed by atoms with Crippen LogP contribution in [0.5, 0.6) is 0 Å². The third kappa shape index (κ3) is 3.08. The zero-order chi connectivity index (χ0) is 14.9. The Kier molecular flexibility index (Phi) is 4.49. The molecule has 1 aromatic rings. The number of rotatable bonds is 3. The van der Waals surface area contributed by atoms with E-state index in [1.54, 1.807) is 10.4 Å². The number of aromatic nitrogens is 1. The van der Waals surface area contributed by atoms with Gasteiger partial charge in [0, 0.05) is 25.3 Å². The highest BCUT2D eigenvalue weighted by molar-refractivity contribution is 7.89. The first-order valence-electron chi connectivity index (χ1n) is 7.44. The summed E-state index contributed by atoms with van der Waals surface area (Å²) >= 11 is 5.94. The summed E-state index contributed by atoms with van der Waals surface area (Å²) in [6.45, 7) is 3.45. The zero-order valence-electron chi connectivity index (χ0n) is 11.9. The summed E-state index contributed by atoms with van der Waals surface area (Å²) in [5, 5.41) is 0.0548. The van der Waals surface area contributed by atoms with Crippen LogP contribution in [0.25, 0.3) is 0 Å². The number of sulfonamides is 1. The summed E-state index contributed by atoms with van der Waals surface area (Å²) in [5.41, 5.74) is 0. The van der Waals surface area contributed by atoms with E-state index in [4.69, 9.17) is 11.6 Å². The fourth-order valence-electron chi connectivity index (χ4n) is 3.26. The van der Waals surface area contributed by atoms with E-state index in [9.17, 15) is 8.42 Å². The highest BCUT2D eigenvalue weighted by Gasteiger charge is 2.33. The average molecular weight is 330 g/mol. The monoisotopic (exact) mass is 329 g/mol. The minimum atomic E-state index is -3.52. The van der Waals surface area contributed by atoms with Crippen LogP contribution in [-0.2, 0) is 10.0 Å². The van der Waals surface area contributed by atoms with E-state index in [0.717, 1.165) is 25.9 Å². The van der Waals surface area contributed by atoms with Gasteiger partial charge in [0.2, 0.25) is 10.0 Å². The second-order valence-electron chi connectivity index (χ2n) is 5.67. The first-order valence-corrected chi connectivity index (χ1v) is 9.25. The van der Waals surface area contributed by atoms with Gasteiger partial charge in [0.15, 0.2) is 0 Å². The van der Waals surface area contributed by atoms with Crippen molar-refractivity contribution in [1.82, 2.24) is 14.2 Å². The molecule has 21 heavy (non-hydrogen) atoms. The maximum Gasteiger partial charge on any atom is 0.246 e.